The quantitative estimate of drug-likeness (QED) is 0.759. The summed E-state index contributed by atoms with van der Waals surface area (Å²) in [5.74, 6) is 0.109. The molecule has 0 aliphatic rings. The largest absolute Gasteiger partial charge is 0.288 e. The lowest BCUT2D eigenvalue weighted by Gasteiger charge is -2.03. The second-order valence-corrected chi connectivity index (χ2v) is 4.91. The second kappa shape index (κ2) is 4.58. The van der Waals surface area contributed by atoms with Gasteiger partial charge in [0.15, 0.2) is 0 Å². The molecule has 0 unspecified atom stereocenters. The van der Waals surface area contributed by atoms with Crippen molar-refractivity contribution < 1.29 is 4.79 Å². The molecule has 2 nitrogen and oxygen atoms in total. The summed E-state index contributed by atoms with van der Waals surface area (Å²) in [4.78, 5) is 18.2. The Hall–Kier alpha value is -1.48. The van der Waals surface area contributed by atoms with Crippen molar-refractivity contribution in [3.8, 4) is 0 Å². The number of thiophene rings is 1. The third-order valence-corrected chi connectivity index (χ3v) is 3.49. The van der Waals surface area contributed by atoms with Crippen LogP contribution >= 0.6 is 11.3 Å². The van der Waals surface area contributed by atoms with Crippen LogP contribution in [0.25, 0.3) is 0 Å². The van der Waals surface area contributed by atoms with E-state index in [1.807, 2.05) is 26.0 Å². The van der Waals surface area contributed by atoms with E-state index in [2.05, 4.69) is 4.98 Å². The highest BCUT2D eigenvalue weighted by atomic mass is 32.1. The molecule has 2 rings (SSSR count). The second-order valence-electron chi connectivity index (χ2n) is 3.63. The molecule has 16 heavy (non-hydrogen) atoms. The summed E-state index contributed by atoms with van der Waals surface area (Å²) in [5, 5.41) is 0. The topological polar surface area (TPSA) is 30.0 Å². The van der Waals surface area contributed by atoms with Crippen LogP contribution < -0.4 is 0 Å². The number of rotatable bonds is 3. The summed E-state index contributed by atoms with van der Waals surface area (Å²) in [6.07, 6.45) is 4.28. The fraction of sp³-hybridized carbons (Fsp3) is 0.231. The molecule has 0 saturated carbocycles. The molecule has 0 amide bonds. The van der Waals surface area contributed by atoms with Crippen LogP contribution in [0.1, 0.15) is 32.6 Å². The fourth-order valence-electron chi connectivity index (χ4n) is 1.62. The van der Waals surface area contributed by atoms with E-state index in [0.29, 0.717) is 0 Å². The Morgan fingerprint density at radius 2 is 2.19 bits per heavy atom. The van der Waals surface area contributed by atoms with Gasteiger partial charge in [0.2, 0.25) is 5.78 Å². The molecule has 0 aliphatic carbocycles. The maximum atomic E-state index is 12.2. The Labute approximate surface area is 99.0 Å². The third-order valence-electron chi connectivity index (χ3n) is 2.49. The van der Waals surface area contributed by atoms with Gasteiger partial charge in [-0.15, -0.1) is 11.3 Å². The zero-order valence-corrected chi connectivity index (χ0v) is 10.2. The van der Waals surface area contributed by atoms with Crippen molar-refractivity contribution >= 4 is 17.1 Å². The lowest BCUT2D eigenvalue weighted by atomic mass is 10.0. The smallest absolute Gasteiger partial charge is 0.203 e. The van der Waals surface area contributed by atoms with Gasteiger partial charge in [0.25, 0.3) is 0 Å². The first-order valence-electron chi connectivity index (χ1n) is 5.26. The van der Waals surface area contributed by atoms with E-state index >= 15 is 0 Å². The predicted octanol–water partition coefficient (Wildman–Crippen LogP) is 3.24. The minimum atomic E-state index is 0.109. The molecule has 2 aromatic rings. The summed E-state index contributed by atoms with van der Waals surface area (Å²) in [7, 11) is 0. The Morgan fingerprint density at radius 3 is 2.81 bits per heavy atom. The first-order chi connectivity index (χ1) is 7.72. The van der Waals surface area contributed by atoms with Gasteiger partial charge in [0.05, 0.1) is 4.88 Å². The Balaban J connectivity index is 2.41. The standard InChI is InChI=1S/C13H13NOS/c1-3-10-8-14-7-6-11(10)13(15)12-5-4-9(2)16-12/h4-8H,3H2,1-2H3. The van der Waals surface area contributed by atoms with Gasteiger partial charge in [-0.2, -0.15) is 0 Å². The van der Waals surface area contributed by atoms with Crippen molar-refractivity contribution in [3.63, 3.8) is 0 Å². The Bertz CT molecular complexity index is 516. The molecular weight excluding hydrogens is 218 g/mol. The molecule has 0 spiro atoms. The van der Waals surface area contributed by atoms with Crippen molar-refractivity contribution in [3.05, 3.63) is 51.5 Å². The molecule has 2 heterocycles. The van der Waals surface area contributed by atoms with Gasteiger partial charge in [-0.05, 0) is 37.1 Å². The monoisotopic (exact) mass is 231 g/mol. The first-order valence-corrected chi connectivity index (χ1v) is 6.08. The number of hydrogen-bond acceptors (Lipinski definition) is 3. The summed E-state index contributed by atoms with van der Waals surface area (Å²) in [5.41, 5.74) is 1.79. The lowest BCUT2D eigenvalue weighted by molar-refractivity contribution is 0.104. The number of pyridine rings is 1. The molecule has 82 valence electrons. The van der Waals surface area contributed by atoms with E-state index in [0.717, 1.165) is 27.3 Å². The van der Waals surface area contributed by atoms with Gasteiger partial charge in [0.1, 0.15) is 0 Å². The van der Waals surface area contributed by atoms with E-state index in [1.54, 1.807) is 18.5 Å². The van der Waals surface area contributed by atoms with Crippen LogP contribution in [0, 0.1) is 6.92 Å². The van der Waals surface area contributed by atoms with Gasteiger partial charge >= 0.3 is 0 Å². The third kappa shape index (κ3) is 2.04. The first kappa shape index (κ1) is 11.0. The van der Waals surface area contributed by atoms with Crippen molar-refractivity contribution in [2.45, 2.75) is 20.3 Å². The van der Waals surface area contributed by atoms with Gasteiger partial charge in [-0.3, -0.25) is 9.78 Å². The van der Waals surface area contributed by atoms with Gasteiger partial charge in [-0.1, -0.05) is 6.92 Å². The molecular formula is C13H13NOS. The Kier molecular flexibility index (Phi) is 3.15. The van der Waals surface area contributed by atoms with Crippen molar-refractivity contribution in [1.82, 2.24) is 4.98 Å². The van der Waals surface area contributed by atoms with Gasteiger partial charge in [-0.25, -0.2) is 0 Å². The van der Waals surface area contributed by atoms with E-state index in [-0.39, 0.29) is 5.78 Å². The van der Waals surface area contributed by atoms with Crippen molar-refractivity contribution in [2.24, 2.45) is 0 Å². The number of aromatic nitrogens is 1. The molecule has 0 aliphatic heterocycles. The van der Waals surface area contributed by atoms with Crippen LogP contribution in [0.5, 0.6) is 0 Å². The van der Waals surface area contributed by atoms with Crippen LogP contribution in [0.4, 0.5) is 0 Å². The molecule has 0 fully saturated rings. The van der Waals surface area contributed by atoms with Crippen LogP contribution in [0.3, 0.4) is 0 Å². The number of nitrogens with zero attached hydrogens (tertiary/aromatic N) is 1. The molecule has 0 bridgehead atoms. The number of hydrogen-bond donors (Lipinski definition) is 0. The van der Waals surface area contributed by atoms with E-state index < -0.39 is 0 Å². The van der Waals surface area contributed by atoms with E-state index in [9.17, 15) is 4.79 Å². The van der Waals surface area contributed by atoms with Crippen LogP contribution in [0.2, 0.25) is 0 Å². The average molecular weight is 231 g/mol. The summed E-state index contributed by atoms with van der Waals surface area (Å²) in [6, 6.07) is 5.67. The zero-order chi connectivity index (χ0) is 11.5. The highest BCUT2D eigenvalue weighted by Gasteiger charge is 2.13. The van der Waals surface area contributed by atoms with E-state index in [1.165, 1.54) is 11.3 Å². The average Bonchev–Trinajstić information content (AvgIpc) is 2.75. The fourth-order valence-corrected chi connectivity index (χ4v) is 2.44. The number of carbonyl (C=O) groups is 1. The van der Waals surface area contributed by atoms with Gasteiger partial charge < -0.3 is 0 Å². The van der Waals surface area contributed by atoms with Crippen LogP contribution in [0.15, 0.2) is 30.6 Å². The highest BCUT2D eigenvalue weighted by molar-refractivity contribution is 7.14. The molecule has 2 aromatic heterocycles. The highest BCUT2D eigenvalue weighted by Crippen LogP contribution is 2.20. The summed E-state index contributed by atoms with van der Waals surface area (Å²) < 4.78 is 0. The minimum absolute atomic E-state index is 0.109. The summed E-state index contributed by atoms with van der Waals surface area (Å²) in [6.45, 7) is 4.04. The molecule has 3 heteroatoms. The van der Waals surface area contributed by atoms with E-state index in [4.69, 9.17) is 0 Å². The molecule has 0 saturated heterocycles. The van der Waals surface area contributed by atoms with Crippen molar-refractivity contribution in [1.29, 1.82) is 0 Å². The molecule has 0 atom stereocenters. The summed E-state index contributed by atoms with van der Waals surface area (Å²) >= 11 is 1.54. The predicted molar refractivity (Wildman–Crippen MR) is 66.1 cm³/mol. The normalized spacial score (nSPS) is 10.4. The van der Waals surface area contributed by atoms with Crippen LogP contribution in [-0.4, -0.2) is 10.8 Å². The van der Waals surface area contributed by atoms with Crippen molar-refractivity contribution in [2.75, 3.05) is 0 Å². The Morgan fingerprint density at radius 1 is 1.38 bits per heavy atom. The molecule has 0 aromatic carbocycles. The minimum Gasteiger partial charge on any atom is -0.288 e. The molecule has 0 radical (unpaired) electrons. The maximum absolute atomic E-state index is 12.2. The number of ketones is 1. The van der Waals surface area contributed by atoms with Gasteiger partial charge in [0, 0.05) is 22.8 Å². The lowest BCUT2D eigenvalue weighted by Crippen LogP contribution is -2.03. The maximum Gasteiger partial charge on any atom is 0.203 e. The number of carbonyl (C=O) groups excluding carboxylic acids is 1. The van der Waals surface area contributed by atoms with Crippen LogP contribution in [-0.2, 0) is 6.42 Å². The molecule has 0 N–H and O–H groups in total. The number of aryl methyl sites for hydroxylation is 2. The zero-order valence-electron chi connectivity index (χ0n) is 9.36. The SMILES string of the molecule is CCc1cnccc1C(=O)c1ccc(C)s1.